The van der Waals surface area contributed by atoms with E-state index >= 15 is 0 Å². The largest absolute Gasteiger partial charge is 0.383 e. The summed E-state index contributed by atoms with van der Waals surface area (Å²) in [5.41, 5.74) is 2.05. The van der Waals surface area contributed by atoms with E-state index in [-0.39, 0.29) is 24.6 Å². The molecule has 34 heavy (non-hydrogen) atoms. The highest BCUT2D eigenvalue weighted by molar-refractivity contribution is 5.96. The van der Waals surface area contributed by atoms with Gasteiger partial charge in [0.15, 0.2) is 0 Å². The van der Waals surface area contributed by atoms with Gasteiger partial charge in [-0.3, -0.25) is 9.59 Å². The number of hydrogen-bond acceptors (Lipinski definition) is 3. The van der Waals surface area contributed by atoms with E-state index in [2.05, 4.69) is 23.3 Å². The fourth-order valence-electron chi connectivity index (χ4n) is 3.66. The standard InChI is InChI=1S/C27H30FN3O3/c1-3-15-31(27(33)24-13-7-8-14-25(24)28)21-26(32)30(17-18-34-2)20-23-12-9-16-29(23)19-22-10-5-4-6-11-22/h3-14,16H,1,15,17-21H2,2H3. The molecule has 0 radical (unpaired) electrons. The van der Waals surface area contributed by atoms with Gasteiger partial charge in [0, 0.05) is 38.6 Å². The van der Waals surface area contributed by atoms with Gasteiger partial charge in [-0.25, -0.2) is 4.39 Å². The van der Waals surface area contributed by atoms with Crippen molar-refractivity contribution in [3.8, 4) is 0 Å². The van der Waals surface area contributed by atoms with E-state index < -0.39 is 11.7 Å². The SMILES string of the molecule is C=CCN(CC(=O)N(CCOC)Cc1cccn1Cc1ccccc1)C(=O)c1ccccc1F. The van der Waals surface area contributed by atoms with E-state index in [0.717, 1.165) is 11.3 Å². The van der Waals surface area contributed by atoms with Gasteiger partial charge in [0.25, 0.3) is 5.91 Å². The topological polar surface area (TPSA) is 54.8 Å². The van der Waals surface area contributed by atoms with Gasteiger partial charge in [0.2, 0.25) is 5.91 Å². The molecule has 0 spiro atoms. The van der Waals surface area contributed by atoms with Crippen LogP contribution in [0.3, 0.4) is 0 Å². The highest BCUT2D eigenvalue weighted by Gasteiger charge is 2.24. The lowest BCUT2D eigenvalue weighted by Crippen LogP contribution is -2.44. The highest BCUT2D eigenvalue weighted by atomic mass is 19.1. The maximum atomic E-state index is 14.2. The van der Waals surface area contributed by atoms with Crippen molar-refractivity contribution in [3.05, 3.63) is 108 Å². The van der Waals surface area contributed by atoms with E-state index in [1.165, 1.54) is 29.2 Å². The summed E-state index contributed by atoms with van der Waals surface area (Å²) < 4.78 is 21.5. The first-order valence-electron chi connectivity index (χ1n) is 11.1. The minimum Gasteiger partial charge on any atom is -0.383 e. The molecule has 3 rings (SSSR count). The molecule has 6 nitrogen and oxygen atoms in total. The van der Waals surface area contributed by atoms with Crippen molar-refractivity contribution in [2.75, 3.05) is 33.4 Å². The summed E-state index contributed by atoms with van der Waals surface area (Å²) in [6.07, 6.45) is 3.50. The van der Waals surface area contributed by atoms with Crippen molar-refractivity contribution >= 4 is 11.8 Å². The zero-order valence-corrected chi connectivity index (χ0v) is 19.4. The lowest BCUT2D eigenvalue weighted by atomic mass is 10.2. The maximum absolute atomic E-state index is 14.2. The smallest absolute Gasteiger partial charge is 0.257 e. The molecule has 0 N–H and O–H groups in total. The molecule has 0 saturated heterocycles. The summed E-state index contributed by atoms with van der Waals surface area (Å²) in [7, 11) is 1.58. The molecule has 0 aliphatic carbocycles. The average molecular weight is 464 g/mol. The second-order valence-corrected chi connectivity index (χ2v) is 7.88. The Labute approximate surface area is 199 Å². The van der Waals surface area contributed by atoms with E-state index in [1.54, 1.807) is 18.1 Å². The number of nitrogens with zero attached hydrogens (tertiary/aromatic N) is 3. The fraction of sp³-hybridized carbons (Fsp3) is 0.259. The summed E-state index contributed by atoms with van der Waals surface area (Å²) in [5.74, 6) is -1.43. The Morgan fingerprint density at radius 2 is 1.76 bits per heavy atom. The normalized spacial score (nSPS) is 10.6. The zero-order chi connectivity index (χ0) is 24.3. The van der Waals surface area contributed by atoms with Gasteiger partial charge in [0.05, 0.1) is 18.7 Å². The van der Waals surface area contributed by atoms with Crippen LogP contribution in [0.25, 0.3) is 0 Å². The number of halogens is 1. The second-order valence-electron chi connectivity index (χ2n) is 7.88. The number of benzene rings is 2. The Morgan fingerprint density at radius 3 is 2.47 bits per heavy atom. The maximum Gasteiger partial charge on any atom is 0.257 e. The first kappa shape index (κ1) is 24.9. The van der Waals surface area contributed by atoms with Crippen LogP contribution < -0.4 is 0 Å². The molecule has 0 aliphatic heterocycles. The molecule has 0 saturated carbocycles. The van der Waals surface area contributed by atoms with E-state index in [4.69, 9.17) is 4.74 Å². The molecule has 0 fully saturated rings. The van der Waals surface area contributed by atoms with E-state index in [1.807, 2.05) is 36.5 Å². The van der Waals surface area contributed by atoms with Crippen LogP contribution in [0.4, 0.5) is 4.39 Å². The van der Waals surface area contributed by atoms with Gasteiger partial charge in [-0.05, 0) is 29.8 Å². The van der Waals surface area contributed by atoms with Crippen LogP contribution in [-0.4, -0.2) is 59.5 Å². The molecule has 3 aromatic rings. The van der Waals surface area contributed by atoms with Gasteiger partial charge < -0.3 is 19.1 Å². The number of ether oxygens (including phenoxy) is 1. The lowest BCUT2D eigenvalue weighted by molar-refractivity contribution is -0.133. The summed E-state index contributed by atoms with van der Waals surface area (Å²) >= 11 is 0. The first-order valence-corrected chi connectivity index (χ1v) is 11.1. The average Bonchev–Trinajstić information content (AvgIpc) is 3.28. The summed E-state index contributed by atoms with van der Waals surface area (Å²) in [5, 5.41) is 0. The molecule has 7 heteroatoms. The minimum absolute atomic E-state index is 0.0719. The monoisotopic (exact) mass is 463 g/mol. The van der Waals surface area contributed by atoms with Gasteiger partial charge in [-0.2, -0.15) is 0 Å². The van der Waals surface area contributed by atoms with Crippen molar-refractivity contribution in [3.63, 3.8) is 0 Å². The van der Waals surface area contributed by atoms with Crippen molar-refractivity contribution in [1.29, 1.82) is 0 Å². The van der Waals surface area contributed by atoms with Crippen molar-refractivity contribution < 1.29 is 18.7 Å². The zero-order valence-electron chi connectivity index (χ0n) is 19.4. The Balaban J connectivity index is 1.76. The van der Waals surface area contributed by atoms with Crippen LogP contribution >= 0.6 is 0 Å². The predicted molar refractivity (Wildman–Crippen MR) is 130 cm³/mol. The number of hydrogen-bond donors (Lipinski definition) is 0. The van der Waals surface area contributed by atoms with Gasteiger partial charge in [0.1, 0.15) is 12.4 Å². The number of amides is 2. The van der Waals surface area contributed by atoms with Gasteiger partial charge in [-0.15, -0.1) is 6.58 Å². The van der Waals surface area contributed by atoms with Gasteiger partial charge in [-0.1, -0.05) is 48.5 Å². The number of methoxy groups -OCH3 is 1. The van der Waals surface area contributed by atoms with Crippen LogP contribution in [0.15, 0.2) is 85.6 Å². The van der Waals surface area contributed by atoms with E-state index in [9.17, 15) is 14.0 Å². The Morgan fingerprint density at radius 1 is 1.03 bits per heavy atom. The molecule has 0 aliphatic rings. The summed E-state index contributed by atoms with van der Waals surface area (Å²) in [6, 6.07) is 19.7. The summed E-state index contributed by atoms with van der Waals surface area (Å²) in [4.78, 5) is 29.2. The molecule has 1 heterocycles. The molecule has 1 aromatic heterocycles. The van der Waals surface area contributed by atoms with E-state index in [0.29, 0.717) is 26.2 Å². The van der Waals surface area contributed by atoms with Crippen LogP contribution in [0.1, 0.15) is 21.6 Å². The minimum atomic E-state index is -0.621. The van der Waals surface area contributed by atoms with Gasteiger partial charge >= 0.3 is 0 Å². The molecular weight excluding hydrogens is 433 g/mol. The molecule has 2 aromatic carbocycles. The van der Waals surface area contributed by atoms with Crippen LogP contribution in [0.2, 0.25) is 0 Å². The Bertz CT molecular complexity index is 1100. The second kappa shape index (κ2) is 12.5. The third-order valence-electron chi connectivity index (χ3n) is 5.46. The highest BCUT2D eigenvalue weighted by Crippen LogP contribution is 2.13. The third kappa shape index (κ3) is 6.65. The van der Waals surface area contributed by atoms with Crippen LogP contribution in [0, 0.1) is 5.82 Å². The quantitative estimate of drug-likeness (QED) is 0.382. The molecule has 0 unspecified atom stereocenters. The number of carbonyl (C=O) groups is 2. The number of aromatic nitrogens is 1. The lowest BCUT2D eigenvalue weighted by Gasteiger charge is -2.27. The molecule has 2 amide bonds. The third-order valence-corrected chi connectivity index (χ3v) is 5.46. The number of carbonyl (C=O) groups excluding carboxylic acids is 2. The summed E-state index contributed by atoms with van der Waals surface area (Å²) in [6.45, 7) is 5.37. The molecule has 0 atom stereocenters. The van der Waals surface area contributed by atoms with Crippen LogP contribution in [-0.2, 0) is 22.6 Å². The Kier molecular flexibility index (Phi) is 9.17. The van der Waals surface area contributed by atoms with Crippen molar-refractivity contribution in [2.24, 2.45) is 0 Å². The molecule has 178 valence electrons. The predicted octanol–water partition coefficient (Wildman–Crippen LogP) is 3.98. The van der Waals surface area contributed by atoms with Crippen molar-refractivity contribution in [2.45, 2.75) is 13.1 Å². The fourth-order valence-corrected chi connectivity index (χ4v) is 3.66. The van der Waals surface area contributed by atoms with Crippen molar-refractivity contribution in [1.82, 2.24) is 14.4 Å². The number of rotatable bonds is 12. The Hall–Kier alpha value is -3.71. The molecular formula is C27H30FN3O3. The molecule has 0 bridgehead atoms. The first-order chi connectivity index (χ1) is 16.5. The van der Waals surface area contributed by atoms with Crippen LogP contribution in [0.5, 0.6) is 0 Å².